The van der Waals surface area contributed by atoms with Crippen LogP contribution in [0.1, 0.15) is 16.1 Å². The van der Waals surface area contributed by atoms with Gasteiger partial charge in [-0.1, -0.05) is 15.9 Å². The molecule has 0 spiro atoms. The number of carbonyl (C=O) groups is 1. The number of fused-ring (bicyclic) bond motifs is 1. The Morgan fingerprint density at radius 2 is 2.14 bits per heavy atom. The second-order valence-corrected chi connectivity index (χ2v) is 4.09. The van der Waals surface area contributed by atoms with Crippen LogP contribution in [0.4, 0.5) is 0 Å². The topological polar surface area (TPSA) is 53.1 Å². The van der Waals surface area contributed by atoms with E-state index >= 15 is 0 Å². The van der Waals surface area contributed by atoms with Gasteiger partial charge in [0.05, 0.1) is 11.1 Å². The molecule has 14 heavy (non-hydrogen) atoms. The summed E-state index contributed by atoms with van der Waals surface area (Å²) < 4.78 is 0.779. The van der Waals surface area contributed by atoms with E-state index in [9.17, 15) is 4.79 Å². The van der Waals surface area contributed by atoms with E-state index in [1.54, 1.807) is 6.07 Å². The molecule has 3 nitrogen and oxygen atoms in total. The van der Waals surface area contributed by atoms with Crippen molar-refractivity contribution in [3.63, 3.8) is 0 Å². The second-order valence-electron chi connectivity index (χ2n) is 3.18. The molecule has 1 heterocycles. The number of aromatic amines is 1. The molecule has 72 valence electrons. The third-order valence-corrected chi connectivity index (χ3v) is 2.52. The molecule has 0 aliphatic rings. The fourth-order valence-electron chi connectivity index (χ4n) is 1.52. The zero-order valence-electron chi connectivity index (χ0n) is 7.47. The number of rotatable bonds is 1. The molecule has 0 bridgehead atoms. The SMILES string of the molecule is Cc1cc2cc(Br)cc(C(=O)O)c2[nH]1. The summed E-state index contributed by atoms with van der Waals surface area (Å²) in [5.74, 6) is -0.918. The molecule has 0 aliphatic carbocycles. The van der Waals surface area contributed by atoms with Crippen molar-refractivity contribution in [2.45, 2.75) is 6.92 Å². The average molecular weight is 254 g/mol. The molecule has 0 unspecified atom stereocenters. The number of nitrogens with one attached hydrogen (secondary N) is 1. The molecule has 0 saturated heterocycles. The molecular formula is C10H8BrNO2. The molecular weight excluding hydrogens is 246 g/mol. The average Bonchev–Trinajstić information content (AvgIpc) is 2.42. The van der Waals surface area contributed by atoms with Crippen LogP contribution < -0.4 is 0 Å². The van der Waals surface area contributed by atoms with Crippen LogP contribution in [0.25, 0.3) is 10.9 Å². The van der Waals surface area contributed by atoms with Crippen LogP contribution in [-0.4, -0.2) is 16.1 Å². The molecule has 2 aromatic rings. The van der Waals surface area contributed by atoms with E-state index in [4.69, 9.17) is 5.11 Å². The van der Waals surface area contributed by atoms with E-state index in [0.717, 1.165) is 15.6 Å². The van der Waals surface area contributed by atoms with E-state index in [1.165, 1.54) is 0 Å². The Morgan fingerprint density at radius 1 is 1.43 bits per heavy atom. The standard InChI is InChI=1S/C10H8BrNO2/c1-5-2-6-3-7(11)4-8(10(13)14)9(6)12-5/h2-4,12H,1H3,(H,13,14). The fourth-order valence-corrected chi connectivity index (χ4v) is 1.99. The summed E-state index contributed by atoms with van der Waals surface area (Å²) in [5.41, 5.74) is 1.93. The van der Waals surface area contributed by atoms with Crippen molar-refractivity contribution < 1.29 is 9.90 Å². The first kappa shape index (κ1) is 9.27. The number of carboxylic acid groups (broad SMARTS) is 1. The molecule has 0 atom stereocenters. The normalized spacial score (nSPS) is 10.7. The maximum absolute atomic E-state index is 10.9. The highest BCUT2D eigenvalue weighted by atomic mass is 79.9. The Morgan fingerprint density at radius 3 is 2.79 bits per heavy atom. The first-order chi connectivity index (χ1) is 6.58. The van der Waals surface area contributed by atoms with E-state index in [1.807, 2.05) is 19.1 Å². The second kappa shape index (κ2) is 3.13. The van der Waals surface area contributed by atoms with E-state index in [-0.39, 0.29) is 0 Å². The van der Waals surface area contributed by atoms with Crippen molar-refractivity contribution in [2.24, 2.45) is 0 Å². The number of halogens is 1. The molecule has 1 aromatic carbocycles. The number of hydrogen-bond donors (Lipinski definition) is 2. The lowest BCUT2D eigenvalue weighted by Crippen LogP contribution is -1.97. The van der Waals surface area contributed by atoms with Gasteiger partial charge >= 0.3 is 5.97 Å². The number of aromatic nitrogens is 1. The quantitative estimate of drug-likeness (QED) is 0.821. The molecule has 0 aliphatic heterocycles. The van der Waals surface area contributed by atoms with Crippen molar-refractivity contribution in [2.75, 3.05) is 0 Å². The lowest BCUT2D eigenvalue weighted by atomic mass is 10.1. The molecule has 1 aromatic heterocycles. The van der Waals surface area contributed by atoms with E-state index < -0.39 is 5.97 Å². The van der Waals surface area contributed by atoms with Gasteiger partial charge in [-0.15, -0.1) is 0 Å². The van der Waals surface area contributed by atoms with E-state index in [0.29, 0.717) is 11.1 Å². The summed E-state index contributed by atoms with van der Waals surface area (Å²) in [6.07, 6.45) is 0. The Kier molecular flexibility index (Phi) is 2.07. The fraction of sp³-hybridized carbons (Fsp3) is 0.100. The van der Waals surface area contributed by atoms with Gasteiger partial charge in [0.1, 0.15) is 0 Å². The molecule has 2 rings (SSSR count). The summed E-state index contributed by atoms with van der Waals surface area (Å²) in [6, 6.07) is 5.42. The van der Waals surface area contributed by atoms with Gasteiger partial charge in [-0.2, -0.15) is 0 Å². The monoisotopic (exact) mass is 253 g/mol. The zero-order valence-corrected chi connectivity index (χ0v) is 9.05. The molecule has 0 saturated carbocycles. The van der Waals surface area contributed by atoms with Crippen LogP contribution >= 0.6 is 15.9 Å². The Labute approximate surface area is 88.9 Å². The van der Waals surface area contributed by atoms with Gasteiger partial charge in [0.25, 0.3) is 0 Å². The van der Waals surface area contributed by atoms with Crippen LogP contribution in [0.5, 0.6) is 0 Å². The minimum atomic E-state index is -0.918. The number of hydrogen-bond acceptors (Lipinski definition) is 1. The summed E-state index contributed by atoms with van der Waals surface area (Å²) >= 11 is 3.28. The molecule has 2 N–H and O–H groups in total. The van der Waals surface area contributed by atoms with Crippen LogP contribution in [0, 0.1) is 6.92 Å². The smallest absolute Gasteiger partial charge is 0.337 e. The number of aromatic carboxylic acids is 1. The highest BCUT2D eigenvalue weighted by molar-refractivity contribution is 9.10. The molecule has 0 radical (unpaired) electrons. The van der Waals surface area contributed by atoms with Gasteiger partial charge in [-0.05, 0) is 25.1 Å². The maximum atomic E-state index is 10.9. The Balaban J connectivity index is 2.85. The van der Waals surface area contributed by atoms with Crippen LogP contribution in [0.2, 0.25) is 0 Å². The van der Waals surface area contributed by atoms with Crippen molar-refractivity contribution in [3.05, 3.63) is 33.9 Å². The maximum Gasteiger partial charge on any atom is 0.337 e. The first-order valence-corrected chi connectivity index (χ1v) is 4.89. The summed E-state index contributed by atoms with van der Waals surface area (Å²) in [4.78, 5) is 14.0. The minimum absolute atomic E-state index is 0.294. The summed E-state index contributed by atoms with van der Waals surface area (Å²) in [5, 5.41) is 9.89. The molecule has 0 amide bonds. The van der Waals surface area contributed by atoms with Crippen LogP contribution in [-0.2, 0) is 0 Å². The molecule has 0 fully saturated rings. The first-order valence-electron chi connectivity index (χ1n) is 4.10. The number of carboxylic acids is 1. The van der Waals surface area contributed by atoms with Gasteiger partial charge < -0.3 is 10.1 Å². The predicted molar refractivity (Wildman–Crippen MR) is 57.7 cm³/mol. The van der Waals surface area contributed by atoms with Crippen LogP contribution in [0.3, 0.4) is 0 Å². The van der Waals surface area contributed by atoms with Crippen molar-refractivity contribution in [1.29, 1.82) is 0 Å². The lowest BCUT2D eigenvalue weighted by molar-refractivity contribution is 0.0699. The van der Waals surface area contributed by atoms with E-state index in [2.05, 4.69) is 20.9 Å². The minimum Gasteiger partial charge on any atom is -0.478 e. The highest BCUT2D eigenvalue weighted by Crippen LogP contribution is 2.24. The number of H-pyrrole nitrogens is 1. The van der Waals surface area contributed by atoms with Crippen molar-refractivity contribution >= 4 is 32.8 Å². The van der Waals surface area contributed by atoms with Gasteiger partial charge in [-0.3, -0.25) is 0 Å². The van der Waals surface area contributed by atoms with Gasteiger partial charge in [0.15, 0.2) is 0 Å². The predicted octanol–water partition coefficient (Wildman–Crippen LogP) is 2.94. The number of aryl methyl sites for hydroxylation is 1. The van der Waals surface area contributed by atoms with Crippen molar-refractivity contribution in [1.82, 2.24) is 4.98 Å². The summed E-state index contributed by atoms with van der Waals surface area (Å²) in [7, 11) is 0. The third-order valence-electron chi connectivity index (χ3n) is 2.06. The highest BCUT2D eigenvalue weighted by Gasteiger charge is 2.11. The lowest BCUT2D eigenvalue weighted by Gasteiger charge is -1.98. The Hall–Kier alpha value is -1.29. The van der Waals surface area contributed by atoms with Crippen LogP contribution in [0.15, 0.2) is 22.7 Å². The van der Waals surface area contributed by atoms with Gasteiger partial charge in [0.2, 0.25) is 0 Å². The number of benzene rings is 1. The van der Waals surface area contributed by atoms with Gasteiger partial charge in [-0.25, -0.2) is 4.79 Å². The van der Waals surface area contributed by atoms with Gasteiger partial charge in [0, 0.05) is 15.6 Å². The Bertz CT molecular complexity index is 516. The third kappa shape index (κ3) is 1.42. The molecule has 4 heteroatoms. The summed E-state index contributed by atoms with van der Waals surface area (Å²) in [6.45, 7) is 1.90. The van der Waals surface area contributed by atoms with Crippen molar-refractivity contribution in [3.8, 4) is 0 Å². The largest absolute Gasteiger partial charge is 0.478 e. The zero-order chi connectivity index (χ0) is 10.3.